The molecule has 1 aliphatic heterocycles. The Balaban J connectivity index is 2.64. The van der Waals surface area contributed by atoms with E-state index in [9.17, 15) is 9.59 Å². The lowest BCUT2D eigenvalue weighted by Gasteiger charge is -1.98. The summed E-state index contributed by atoms with van der Waals surface area (Å²) < 4.78 is 4.69. The van der Waals surface area contributed by atoms with Gasteiger partial charge in [-0.3, -0.25) is 9.59 Å². The molecule has 2 unspecified atom stereocenters. The van der Waals surface area contributed by atoms with Crippen LogP contribution >= 0.6 is 0 Å². The number of rotatable bonds is 2. The highest BCUT2D eigenvalue weighted by Gasteiger charge is 2.39. The molecule has 0 amide bonds. The summed E-state index contributed by atoms with van der Waals surface area (Å²) in [6, 6.07) is 0. The van der Waals surface area contributed by atoms with E-state index < -0.39 is 18.0 Å². The Morgan fingerprint density at radius 3 is 2.55 bits per heavy atom. The molecule has 1 aliphatic rings. The second-order valence-corrected chi connectivity index (χ2v) is 2.61. The van der Waals surface area contributed by atoms with Gasteiger partial charge in [0.15, 0.2) is 11.9 Å². The summed E-state index contributed by atoms with van der Waals surface area (Å²) >= 11 is 0. The summed E-state index contributed by atoms with van der Waals surface area (Å²) in [6.45, 7) is 1.93. The van der Waals surface area contributed by atoms with Crippen LogP contribution in [0.25, 0.3) is 0 Å². The molecule has 0 aromatic heterocycles. The quantitative estimate of drug-likeness (QED) is 0.432. The van der Waals surface area contributed by atoms with Crippen LogP contribution < -0.4 is 5.73 Å². The van der Waals surface area contributed by atoms with Crippen molar-refractivity contribution in [1.29, 1.82) is 0 Å². The van der Waals surface area contributed by atoms with Crippen molar-refractivity contribution in [3.05, 3.63) is 0 Å². The summed E-state index contributed by atoms with van der Waals surface area (Å²) in [7, 11) is 0. The second kappa shape index (κ2) is 3.00. The van der Waals surface area contributed by atoms with E-state index in [0.717, 1.165) is 0 Å². The molecule has 1 heterocycles. The molecule has 0 saturated carbocycles. The lowest BCUT2D eigenvalue weighted by Crippen LogP contribution is -2.21. The van der Waals surface area contributed by atoms with Crippen molar-refractivity contribution in [2.75, 3.05) is 6.54 Å². The fourth-order valence-electron chi connectivity index (χ4n) is 1.14. The van der Waals surface area contributed by atoms with Crippen LogP contribution in [-0.4, -0.2) is 24.4 Å². The van der Waals surface area contributed by atoms with Gasteiger partial charge in [-0.2, -0.15) is 0 Å². The molecular formula is C7H11NO3. The Morgan fingerprint density at radius 2 is 2.18 bits per heavy atom. The zero-order valence-electron chi connectivity index (χ0n) is 6.37. The number of ketones is 1. The number of carbonyl (C=O) groups is 2. The first-order valence-corrected chi connectivity index (χ1v) is 3.61. The van der Waals surface area contributed by atoms with E-state index in [1.54, 1.807) is 6.92 Å². The number of ether oxygens (including phenoxy) is 1. The summed E-state index contributed by atoms with van der Waals surface area (Å²) in [6.07, 6.45) is -0.166. The van der Waals surface area contributed by atoms with Gasteiger partial charge >= 0.3 is 5.97 Å². The fourth-order valence-corrected chi connectivity index (χ4v) is 1.14. The molecule has 0 radical (unpaired) electrons. The van der Waals surface area contributed by atoms with E-state index in [0.29, 0.717) is 13.0 Å². The van der Waals surface area contributed by atoms with Crippen molar-refractivity contribution in [3.8, 4) is 0 Å². The van der Waals surface area contributed by atoms with E-state index in [2.05, 4.69) is 0 Å². The van der Waals surface area contributed by atoms with Crippen LogP contribution in [0.4, 0.5) is 0 Å². The van der Waals surface area contributed by atoms with E-state index in [1.807, 2.05) is 0 Å². The normalized spacial score (nSPS) is 30.7. The number of hydrogen-bond acceptors (Lipinski definition) is 4. The number of cyclic esters (lactones) is 1. The van der Waals surface area contributed by atoms with Crippen LogP contribution in [0.15, 0.2) is 0 Å². The molecule has 0 bridgehead atoms. The molecule has 1 rings (SSSR count). The highest BCUT2D eigenvalue weighted by molar-refractivity contribution is 6.06. The third-order valence-corrected chi connectivity index (χ3v) is 1.78. The number of nitrogens with two attached hydrogens (primary N) is 1. The molecule has 1 saturated heterocycles. The number of esters is 1. The van der Waals surface area contributed by atoms with Crippen molar-refractivity contribution in [2.45, 2.75) is 19.4 Å². The Morgan fingerprint density at radius 1 is 1.55 bits per heavy atom. The summed E-state index contributed by atoms with van der Waals surface area (Å²) in [4.78, 5) is 22.0. The molecule has 0 aliphatic carbocycles. The minimum absolute atomic E-state index is 0.138. The first-order chi connectivity index (χ1) is 5.16. The number of carbonyl (C=O) groups excluding carboxylic acids is 2. The van der Waals surface area contributed by atoms with Gasteiger partial charge in [0.05, 0.1) is 0 Å². The van der Waals surface area contributed by atoms with Crippen molar-refractivity contribution < 1.29 is 14.3 Å². The number of hydrogen-bond donors (Lipinski definition) is 1. The van der Waals surface area contributed by atoms with Crippen molar-refractivity contribution in [3.63, 3.8) is 0 Å². The molecule has 2 atom stereocenters. The fraction of sp³-hybridized carbons (Fsp3) is 0.714. The molecule has 0 aromatic rings. The van der Waals surface area contributed by atoms with Gasteiger partial charge in [0.25, 0.3) is 0 Å². The van der Waals surface area contributed by atoms with Crippen LogP contribution in [-0.2, 0) is 14.3 Å². The molecule has 0 spiro atoms. The third kappa shape index (κ3) is 1.40. The van der Waals surface area contributed by atoms with Crippen LogP contribution in [0.5, 0.6) is 0 Å². The lowest BCUT2D eigenvalue weighted by molar-refractivity contribution is -0.143. The maximum absolute atomic E-state index is 11.1. The molecule has 11 heavy (non-hydrogen) atoms. The van der Waals surface area contributed by atoms with E-state index in [-0.39, 0.29) is 5.78 Å². The van der Waals surface area contributed by atoms with Gasteiger partial charge in [-0.1, -0.05) is 0 Å². The van der Waals surface area contributed by atoms with Crippen LogP contribution in [0, 0.1) is 5.92 Å². The largest absolute Gasteiger partial charge is 0.454 e. The van der Waals surface area contributed by atoms with Crippen molar-refractivity contribution in [1.82, 2.24) is 0 Å². The maximum atomic E-state index is 11.1. The predicted molar refractivity (Wildman–Crippen MR) is 37.7 cm³/mol. The van der Waals surface area contributed by atoms with Gasteiger partial charge in [-0.05, 0) is 19.9 Å². The smallest absolute Gasteiger partial charge is 0.317 e. The topological polar surface area (TPSA) is 69.4 Å². The van der Waals surface area contributed by atoms with Gasteiger partial charge in [0.1, 0.15) is 5.92 Å². The summed E-state index contributed by atoms with van der Waals surface area (Å²) in [5, 5.41) is 0. The highest BCUT2D eigenvalue weighted by atomic mass is 16.6. The Bertz CT molecular complexity index is 190. The van der Waals surface area contributed by atoms with Gasteiger partial charge < -0.3 is 10.5 Å². The van der Waals surface area contributed by atoms with Crippen LogP contribution in [0.2, 0.25) is 0 Å². The maximum Gasteiger partial charge on any atom is 0.317 e. The molecule has 1 fully saturated rings. The molecule has 2 N–H and O–H groups in total. The van der Waals surface area contributed by atoms with Crippen LogP contribution in [0.1, 0.15) is 13.3 Å². The molecule has 0 aromatic carbocycles. The first-order valence-electron chi connectivity index (χ1n) is 3.61. The average Bonchev–Trinajstić information content (AvgIpc) is 2.17. The average molecular weight is 157 g/mol. The Labute approximate surface area is 64.7 Å². The molecule has 4 heteroatoms. The third-order valence-electron chi connectivity index (χ3n) is 1.78. The van der Waals surface area contributed by atoms with Gasteiger partial charge in [0, 0.05) is 0 Å². The zero-order chi connectivity index (χ0) is 8.43. The SMILES string of the molecule is CC1OC(=O)C(CCN)C1=O. The Hall–Kier alpha value is -0.900. The summed E-state index contributed by atoms with van der Waals surface area (Å²) in [5.41, 5.74) is 5.22. The van der Waals surface area contributed by atoms with Crippen molar-refractivity contribution in [2.24, 2.45) is 11.7 Å². The molecule has 4 nitrogen and oxygen atoms in total. The van der Waals surface area contributed by atoms with Gasteiger partial charge in [-0.15, -0.1) is 0 Å². The lowest BCUT2D eigenvalue weighted by atomic mass is 10.0. The van der Waals surface area contributed by atoms with Gasteiger partial charge in [0.2, 0.25) is 0 Å². The van der Waals surface area contributed by atoms with Crippen LogP contribution in [0.3, 0.4) is 0 Å². The monoisotopic (exact) mass is 157 g/mol. The first kappa shape index (κ1) is 8.20. The minimum Gasteiger partial charge on any atom is -0.454 e. The highest BCUT2D eigenvalue weighted by Crippen LogP contribution is 2.19. The van der Waals surface area contributed by atoms with Gasteiger partial charge in [-0.25, -0.2) is 0 Å². The predicted octanol–water partition coefficient (Wildman–Crippen LogP) is -0.534. The minimum atomic E-state index is -0.602. The van der Waals surface area contributed by atoms with E-state index >= 15 is 0 Å². The van der Waals surface area contributed by atoms with Crippen molar-refractivity contribution >= 4 is 11.8 Å². The molecular weight excluding hydrogens is 146 g/mol. The van der Waals surface area contributed by atoms with E-state index in [4.69, 9.17) is 10.5 Å². The number of Topliss-reactive ketones (excluding diaryl/α,β-unsaturated/α-hetero) is 1. The standard InChI is InChI=1S/C7H11NO3/c1-4-6(9)5(2-3-8)7(10)11-4/h4-5H,2-3,8H2,1H3. The Kier molecular flexibility index (Phi) is 2.24. The molecule has 62 valence electrons. The second-order valence-electron chi connectivity index (χ2n) is 2.61. The van der Waals surface area contributed by atoms with E-state index in [1.165, 1.54) is 0 Å². The summed E-state index contributed by atoms with van der Waals surface area (Å²) in [5.74, 6) is -1.16. The zero-order valence-corrected chi connectivity index (χ0v) is 6.37.